The van der Waals surface area contributed by atoms with Crippen molar-refractivity contribution in [1.29, 1.82) is 0 Å². The summed E-state index contributed by atoms with van der Waals surface area (Å²) in [4.78, 5) is 28.9. The van der Waals surface area contributed by atoms with Crippen LogP contribution in [0.15, 0.2) is 48.5 Å². The maximum Gasteiger partial charge on any atom is 0.245 e. The van der Waals surface area contributed by atoms with E-state index in [0.29, 0.717) is 17.1 Å². The van der Waals surface area contributed by atoms with Crippen LogP contribution in [0, 0.1) is 0 Å². The van der Waals surface area contributed by atoms with E-state index in [4.69, 9.17) is 21.3 Å². The van der Waals surface area contributed by atoms with Gasteiger partial charge in [0.2, 0.25) is 5.91 Å². The highest BCUT2D eigenvalue weighted by Gasteiger charge is 2.14. The molecule has 1 N–H and O–H groups in total. The van der Waals surface area contributed by atoms with E-state index in [1.807, 2.05) is 28.8 Å². The van der Waals surface area contributed by atoms with Gasteiger partial charge in [-0.15, -0.1) is 0 Å². The standard InChI is InChI=1S/C23H26ClN3O3/c1-30-16-23(29)25-14-6-2-3-9-22-26-19-7-4-5-8-20(19)27(22)15-21(28)17-10-12-18(24)13-11-17/h4-5,7-8,10-13H,2-3,6,9,14-16H2,1H3,(H,25,29). The number of hydrogen-bond donors (Lipinski definition) is 1. The van der Waals surface area contributed by atoms with Crippen LogP contribution in [0.25, 0.3) is 11.0 Å². The van der Waals surface area contributed by atoms with Crippen LogP contribution < -0.4 is 5.32 Å². The van der Waals surface area contributed by atoms with E-state index in [2.05, 4.69) is 5.32 Å². The minimum Gasteiger partial charge on any atom is -0.375 e. The highest BCUT2D eigenvalue weighted by atomic mass is 35.5. The van der Waals surface area contributed by atoms with Gasteiger partial charge >= 0.3 is 0 Å². The molecule has 0 bridgehead atoms. The van der Waals surface area contributed by atoms with Gasteiger partial charge in [0.1, 0.15) is 12.4 Å². The zero-order valence-corrected chi connectivity index (χ0v) is 17.8. The number of aromatic nitrogens is 2. The summed E-state index contributed by atoms with van der Waals surface area (Å²) in [6, 6.07) is 14.8. The van der Waals surface area contributed by atoms with Crippen molar-refractivity contribution in [3.63, 3.8) is 0 Å². The molecule has 3 aromatic rings. The molecular weight excluding hydrogens is 402 g/mol. The minimum atomic E-state index is -0.0972. The number of unbranched alkanes of at least 4 members (excludes halogenated alkanes) is 2. The number of nitrogens with one attached hydrogen (secondary N) is 1. The number of aryl methyl sites for hydroxylation is 1. The van der Waals surface area contributed by atoms with Gasteiger partial charge < -0.3 is 14.6 Å². The number of nitrogens with zero attached hydrogens (tertiary/aromatic N) is 2. The highest BCUT2D eigenvalue weighted by Crippen LogP contribution is 2.19. The Bertz CT molecular complexity index is 999. The van der Waals surface area contributed by atoms with E-state index >= 15 is 0 Å². The number of ketones is 1. The van der Waals surface area contributed by atoms with Gasteiger partial charge in [0.15, 0.2) is 5.78 Å². The summed E-state index contributed by atoms with van der Waals surface area (Å²) < 4.78 is 6.80. The van der Waals surface area contributed by atoms with E-state index in [1.165, 1.54) is 7.11 Å². The molecule has 7 heteroatoms. The molecular formula is C23H26ClN3O3. The lowest BCUT2D eigenvalue weighted by Crippen LogP contribution is -2.27. The van der Waals surface area contributed by atoms with Gasteiger partial charge in [-0.05, 0) is 49.2 Å². The zero-order valence-electron chi connectivity index (χ0n) is 17.1. The summed E-state index contributed by atoms with van der Waals surface area (Å²) in [6.07, 6.45) is 3.55. The molecule has 2 aromatic carbocycles. The van der Waals surface area contributed by atoms with E-state index < -0.39 is 0 Å². The number of fused-ring (bicyclic) bond motifs is 1. The van der Waals surface area contributed by atoms with Gasteiger partial charge in [-0.2, -0.15) is 0 Å². The summed E-state index contributed by atoms with van der Waals surface area (Å²) in [7, 11) is 1.50. The first-order chi connectivity index (χ1) is 14.6. The Morgan fingerprint density at radius 1 is 1.07 bits per heavy atom. The Kier molecular flexibility index (Phi) is 7.99. The fourth-order valence-electron chi connectivity index (χ4n) is 3.36. The third-order valence-corrected chi connectivity index (χ3v) is 5.13. The Morgan fingerprint density at radius 2 is 1.83 bits per heavy atom. The number of carbonyl (C=O) groups excluding carboxylic acids is 2. The van der Waals surface area contributed by atoms with Gasteiger partial charge in [-0.3, -0.25) is 9.59 Å². The van der Waals surface area contributed by atoms with Crippen LogP contribution in [0.3, 0.4) is 0 Å². The number of imidazole rings is 1. The van der Waals surface area contributed by atoms with Crippen molar-refractivity contribution in [1.82, 2.24) is 14.9 Å². The Morgan fingerprint density at radius 3 is 2.60 bits per heavy atom. The van der Waals surface area contributed by atoms with Gasteiger partial charge in [0.25, 0.3) is 0 Å². The van der Waals surface area contributed by atoms with Crippen molar-refractivity contribution in [2.45, 2.75) is 32.2 Å². The Balaban J connectivity index is 1.62. The molecule has 1 aromatic heterocycles. The van der Waals surface area contributed by atoms with Crippen LogP contribution in [-0.2, 0) is 22.5 Å². The Hall–Kier alpha value is -2.70. The second kappa shape index (κ2) is 10.9. The predicted molar refractivity (Wildman–Crippen MR) is 118 cm³/mol. The van der Waals surface area contributed by atoms with Crippen molar-refractivity contribution >= 4 is 34.3 Å². The lowest BCUT2D eigenvalue weighted by molar-refractivity contribution is -0.124. The van der Waals surface area contributed by atoms with E-state index in [-0.39, 0.29) is 24.8 Å². The molecule has 0 spiro atoms. The summed E-state index contributed by atoms with van der Waals surface area (Å²) in [5.74, 6) is 0.832. The smallest absolute Gasteiger partial charge is 0.245 e. The monoisotopic (exact) mass is 427 g/mol. The number of carbonyl (C=O) groups is 2. The van der Waals surface area contributed by atoms with Crippen LogP contribution in [0.5, 0.6) is 0 Å². The molecule has 0 saturated carbocycles. The van der Waals surface area contributed by atoms with Crippen LogP contribution in [-0.4, -0.2) is 41.5 Å². The maximum absolute atomic E-state index is 12.8. The largest absolute Gasteiger partial charge is 0.375 e. The predicted octanol–water partition coefficient (Wildman–Crippen LogP) is 4.05. The molecule has 0 aliphatic carbocycles. The fraction of sp³-hybridized carbons (Fsp3) is 0.348. The number of benzene rings is 2. The summed E-state index contributed by atoms with van der Waals surface area (Å²) in [5, 5.41) is 3.43. The molecule has 3 rings (SSSR count). The average molecular weight is 428 g/mol. The number of hydrogen-bond acceptors (Lipinski definition) is 4. The first kappa shape index (κ1) is 22.0. The van der Waals surface area contributed by atoms with Crippen LogP contribution in [0.4, 0.5) is 0 Å². The molecule has 0 atom stereocenters. The lowest BCUT2D eigenvalue weighted by Gasteiger charge is -2.09. The summed E-state index contributed by atoms with van der Waals surface area (Å²) in [5.41, 5.74) is 2.49. The SMILES string of the molecule is COCC(=O)NCCCCCc1nc2ccccc2n1CC(=O)c1ccc(Cl)cc1. The number of amides is 1. The molecule has 1 heterocycles. The first-order valence-electron chi connectivity index (χ1n) is 10.1. The third-order valence-electron chi connectivity index (χ3n) is 4.88. The van der Waals surface area contributed by atoms with Crippen molar-refractivity contribution < 1.29 is 14.3 Å². The van der Waals surface area contributed by atoms with Gasteiger partial charge in [0, 0.05) is 30.7 Å². The number of methoxy groups -OCH3 is 1. The van der Waals surface area contributed by atoms with Crippen LogP contribution in [0.2, 0.25) is 5.02 Å². The number of rotatable bonds is 11. The van der Waals surface area contributed by atoms with Crippen LogP contribution >= 0.6 is 11.6 Å². The normalized spacial score (nSPS) is 11.0. The molecule has 0 radical (unpaired) electrons. The number of Topliss-reactive ketones (excluding diaryl/α,β-unsaturated/α-hetero) is 1. The molecule has 0 aliphatic rings. The highest BCUT2D eigenvalue weighted by molar-refractivity contribution is 6.30. The average Bonchev–Trinajstić information content (AvgIpc) is 3.08. The molecule has 1 amide bonds. The molecule has 158 valence electrons. The lowest BCUT2D eigenvalue weighted by atomic mass is 10.1. The van der Waals surface area contributed by atoms with E-state index in [0.717, 1.165) is 42.5 Å². The van der Waals surface area contributed by atoms with Gasteiger partial charge in [0.05, 0.1) is 17.6 Å². The summed E-state index contributed by atoms with van der Waals surface area (Å²) in [6.45, 7) is 0.962. The molecule has 0 saturated heterocycles. The molecule has 0 fully saturated rings. The van der Waals surface area contributed by atoms with Gasteiger partial charge in [-0.25, -0.2) is 4.98 Å². The molecule has 6 nitrogen and oxygen atoms in total. The summed E-state index contributed by atoms with van der Waals surface area (Å²) >= 11 is 5.93. The second-order valence-corrected chi connectivity index (χ2v) is 7.56. The number of para-hydroxylation sites is 2. The first-order valence-corrected chi connectivity index (χ1v) is 10.4. The van der Waals surface area contributed by atoms with E-state index in [9.17, 15) is 9.59 Å². The number of ether oxygens (including phenoxy) is 1. The minimum absolute atomic E-state index is 0.0249. The van der Waals surface area contributed by atoms with Gasteiger partial charge in [-0.1, -0.05) is 30.2 Å². The quantitative estimate of drug-likeness (QED) is 0.370. The Labute approximate surface area is 181 Å². The second-order valence-electron chi connectivity index (χ2n) is 7.13. The van der Waals surface area contributed by atoms with Crippen molar-refractivity contribution in [2.75, 3.05) is 20.3 Å². The van der Waals surface area contributed by atoms with Crippen molar-refractivity contribution in [2.24, 2.45) is 0 Å². The number of halogens is 1. The van der Waals surface area contributed by atoms with Crippen LogP contribution in [0.1, 0.15) is 35.4 Å². The van der Waals surface area contributed by atoms with E-state index in [1.54, 1.807) is 24.3 Å². The van der Waals surface area contributed by atoms with Crippen molar-refractivity contribution in [3.8, 4) is 0 Å². The molecule has 0 unspecified atom stereocenters. The molecule has 0 aliphatic heterocycles. The zero-order chi connectivity index (χ0) is 21.3. The third kappa shape index (κ3) is 5.90. The fourth-order valence-corrected chi connectivity index (χ4v) is 3.48. The maximum atomic E-state index is 12.8. The molecule has 30 heavy (non-hydrogen) atoms. The van der Waals surface area contributed by atoms with Crippen molar-refractivity contribution in [3.05, 3.63) is 64.9 Å². The topological polar surface area (TPSA) is 73.2 Å².